The van der Waals surface area contributed by atoms with Crippen LogP contribution in [0.15, 0.2) is 54.6 Å². The largest absolute Gasteiger partial charge is 1.00 e. The zero-order valence-electron chi connectivity index (χ0n) is 12.2. The molecule has 2 rings (SSSR count). The molecule has 2 aromatic rings. The molecule has 0 saturated carbocycles. The van der Waals surface area contributed by atoms with Crippen molar-refractivity contribution in [2.45, 2.75) is 25.4 Å². The molecule has 1 atom stereocenters. The van der Waals surface area contributed by atoms with E-state index in [4.69, 9.17) is 0 Å². The molecule has 0 aliphatic heterocycles. The van der Waals surface area contributed by atoms with Gasteiger partial charge in [0, 0.05) is 5.97 Å². The third kappa shape index (κ3) is 5.77. The molecule has 21 heavy (non-hydrogen) atoms. The van der Waals surface area contributed by atoms with Gasteiger partial charge in [-0.05, 0) is 36.0 Å². The molecular formula is C17H17LiO3. The van der Waals surface area contributed by atoms with Crippen molar-refractivity contribution in [3.8, 4) is 0 Å². The summed E-state index contributed by atoms with van der Waals surface area (Å²) in [7, 11) is 0. The summed E-state index contributed by atoms with van der Waals surface area (Å²) in [6.45, 7) is 0. The van der Waals surface area contributed by atoms with Gasteiger partial charge >= 0.3 is 18.9 Å². The predicted octanol–water partition coefficient (Wildman–Crippen LogP) is -1.16. The van der Waals surface area contributed by atoms with Crippen molar-refractivity contribution in [1.29, 1.82) is 0 Å². The van der Waals surface area contributed by atoms with Gasteiger partial charge in [0.25, 0.3) is 0 Å². The number of carbonyl (C=O) groups is 1. The van der Waals surface area contributed by atoms with Crippen LogP contribution in [0, 0.1) is 0 Å². The third-order valence-electron chi connectivity index (χ3n) is 3.24. The summed E-state index contributed by atoms with van der Waals surface area (Å²) in [5, 5.41) is 20.2. The number of carbonyl (C=O) groups excluding carboxylic acids is 1. The normalized spacial score (nSPS) is 11.5. The Morgan fingerprint density at radius 2 is 1.57 bits per heavy atom. The summed E-state index contributed by atoms with van der Waals surface area (Å²) in [6, 6.07) is 17.8. The monoisotopic (exact) mass is 276 g/mol. The van der Waals surface area contributed by atoms with E-state index >= 15 is 0 Å². The van der Waals surface area contributed by atoms with Crippen molar-refractivity contribution in [2.75, 3.05) is 0 Å². The molecule has 0 aromatic heterocycles. The summed E-state index contributed by atoms with van der Waals surface area (Å²) in [5.74, 6) is -1.13. The fourth-order valence-electron chi connectivity index (χ4n) is 2.11. The number of hydrogen-bond donors (Lipinski definition) is 1. The van der Waals surface area contributed by atoms with Gasteiger partial charge in [0.15, 0.2) is 0 Å². The first-order valence-electron chi connectivity index (χ1n) is 6.66. The minimum atomic E-state index is -1.13. The van der Waals surface area contributed by atoms with Crippen LogP contribution in [0.25, 0.3) is 0 Å². The van der Waals surface area contributed by atoms with Crippen molar-refractivity contribution in [2.24, 2.45) is 0 Å². The molecule has 1 unspecified atom stereocenters. The minimum absolute atomic E-state index is 0. The van der Waals surface area contributed by atoms with Gasteiger partial charge in [-0.15, -0.1) is 0 Å². The van der Waals surface area contributed by atoms with E-state index in [1.54, 1.807) is 0 Å². The van der Waals surface area contributed by atoms with Crippen LogP contribution in [0.4, 0.5) is 0 Å². The molecule has 0 amide bonds. The van der Waals surface area contributed by atoms with Crippen molar-refractivity contribution >= 4 is 5.97 Å². The Bertz CT molecular complexity index is 552. The number of aliphatic hydroxyl groups is 1. The molecule has 0 aliphatic rings. The Balaban J connectivity index is 0.00000220. The summed E-state index contributed by atoms with van der Waals surface area (Å²) in [4.78, 5) is 10.4. The number of aliphatic hydroxyl groups excluding tert-OH is 1. The number of carboxylic acids is 1. The Morgan fingerprint density at radius 1 is 1.00 bits per heavy atom. The van der Waals surface area contributed by atoms with Gasteiger partial charge in [-0.3, -0.25) is 0 Å². The van der Waals surface area contributed by atoms with E-state index in [0.29, 0.717) is 0 Å². The first kappa shape index (κ1) is 17.5. The SMILES string of the molecule is O=C([O-])CCC(O)c1ccc(Cc2ccccc2)cc1.[Li+]. The second kappa shape index (κ2) is 8.69. The third-order valence-corrected chi connectivity index (χ3v) is 3.24. The van der Waals surface area contributed by atoms with Crippen LogP contribution in [-0.2, 0) is 11.2 Å². The number of benzene rings is 2. The van der Waals surface area contributed by atoms with Gasteiger partial charge in [-0.2, -0.15) is 0 Å². The molecule has 0 radical (unpaired) electrons. The maximum Gasteiger partial charge on any atom is 1.00 e. The molecular weight excluding hydrogens is 259 g/mol. The van der Waals surface area contributed by atoms with Gasteiger partial charge in [-0.1, -0.05) is 54.6 Å². The average molecular weight is 276 g/mol. The topological polar surface area (TPSA) is 60.4 Å². The standard InChI is InChI=1S/C17H18O3.Li/c18-16(10-11-17(19)20)15-8-6-14(7-9-15)12-13-4-2-1-3-5-13;/h1-9,16,18H,10-12H2,(H,19,20);/q;+1/p-1. The summed E-state index contributed by atoms with van der Waals surface area (Å²) in [6.07, 6.45) is 0.141. The number of aliphatic carboxylic acids is 1. The van der Waals surface area contributed by atoms with Crippen LogP contribution < -0.4 is 24.0 Å². The summed E-state index contributed by atoms with van der Waals surface area (Å²) >= 11 is 0. The fraction of sp³-hybridized carbons (Fsp3) is 0.235. The van der Waals surface area contributed by atoms with Gasteiger partial charge in [0.2, 0.25) is 0 Å². The predicted molar refractivity (Wildman–Crippen MR) is 74.9 cm³/mol. The first-order chi connectivity index (χ1) is 9.65. The summed E-state index contributed by atoms with van der Waals surface area (Å²) < 4.78 is 0. The van der Waals surface area contributed by atoms with Crippen LogP contribution in [0.2, 0.25) is 0 Å². The van der Waals surface area contributed by atoms with E-state index in [1.807, 2.05) is 42.5 Å². The van der Waals surface area contributed by atoms with E-state index in [-0.39, 0.29) is 31.7 Å². The van der Waals surface area contributed by atoms with Crippen molar-refractivity contribution in [3.05, 3.63) is 71.3 Å². The van der Waals surface area contributed by atoms with Crippen molar-refractivity contribution in [1.82, 2.24) is 0 Å². The van der Waals surface area contributed by atoms with Crippen LogP contribution in [0.5, 0.6) is 0 Å². The molecule has 1 N–H and O–H groups in total. The number of hydrogen-bond acceptors (Lipinski definition) is 3. The quantitative estimate of drug-likeness (QED) is 0.677. The molecule has 0 spiro atoms. The second-order valence-corrected chi connectivity index (χ2v) is 4.83. The molecule has 0 bridgehead atoms. The van der Waals surface area contributed by atoms with E-state index in [2.05, 4.69) is 12.1 Å². The zero-order chi connectivity index (χ0) is 14.4. The summed E-state index contributed by atoms with van der Waals surface area (Å²) in [5.41, 5.74) is 3.13. The molecule has 0 fully saturated rings. The van der Waals surface area contributed by atoms with Crippen LogP contribution in [0.3, 0.4) is 0 Å². The van der Waals surface area contributed by atoms with Gasteiger partial charge in [0.05, 0.1) is 6.10 Å². The molecule has 0 heterocycles. The zero-order valence-corrected chi connectivity index (χ0v) is 12.2. The molecule has 2 aromatic carbocycles. The Morgan fingerprint density at radius 3 is 2.14 bits per heavy atom. The Kier molecular flexibility index (Phi) is 7.25. The average Bonchev–Trinajstić information content (AvgIpc) is 2.46. The number of carboxylic acid groups (broad SMARTS) is 1. The smallest absolute Gasteiger partial charge is 0.550 e. The Labute approximate surface area is 136 Å². The van der Waals surface area contributed by atoms with E-state index in [9.17, 15) is 15.0 Å². The van der Waals surface area contributed by atoms with Crippen LogP contribution in [0.1, 0.15) is 35.6 Å². The molecule has 0 aliphatic carbocycles. The first-order valence-corrected chi connectivity index (χ1v) is 6.66. The Hall–Kier alpha value is -1.53. The molecule has 0 saturated heterocycles. The molecule has 4 heteroatoms. The van der Waals surface area contributed by atoms with Gasteiger partial charge in [-0.25, -0.2) is 0 Å². The fourth-order valence-corrected chi connectivity index (χ4v) is 2.11. The minimum Gasteiger partial charge on any atom is -0.550 e. The second-order valence-electron chi connectivity index (χ2n) is 4.83. The van der Waals surface area contributed by atoms with E-state index in [0.717, 1.165) is 17.5 Å². The maximum atomic E-state index is 10.4. The van der Waals surface area contributed by atoms with Crippen LogP contribution >= 0.6 is 0 Å². The van der Waals surface area contributed by atoms with E-state index in [1.165, 1.54) is 5.56 Å². The van der Waals surface area contributed by atoms with Crippen molar-refractivity contribution < 1.29 is 33.9 Å². The van der Waals surface area contributed by atoms with E-state index < -0.39 is 12.1 Å². The molecule has 3 nitrogen and oxygen atoms in total. The van der Waals surface area contributed by atoms with Crippen LogP contribution in [-0.4, -0.2) is 11.1 Å². The van der Waals surface area contributed by atoms with Gasteiger partial charge < -0.3 is 15.0 Å². The molecule has 104 valence electrons. The van der Waals surface area contributed by atoms with Crippen molar-refractivity contribution in [3.63, 3.8) is 0 Å². The van der Waals surface area contributed by atoms with Gasteiger partial charge in [0.1, 0.15) is 0 Å². The number of rotatable bonds is 6. The maximum absolute atomic E-state index is 10.4.